The molecule has 4 rings (SSSR count). The molecule has 0 radical (unpaired) electrons. The van der Waals surface area contributed by atoms with Gasteiger partial charge in [-0.05, 0) is 25.2 Å². The third-order valence-electron chi connectivity index (χ3n) is 4.29. The van der Waals surface area contributed by atoms with Gasteiger partial charge in [0.2, 0.25) is 0 Å². The van der Waals surface area contributed by atoms with Gasteiger partial charge in [0.15, 0.2) is 5.65 Å². The van der Waals surface area contributed by atoms with Crippen LogP contribution in [-0.2, 0) is 0 Å². The minimum atomic E-state index is 0.831. The molecule has 0 unspecified atom stereocenters. The lowest BCUT2D eigenvalue weighted by Crippen LogP contribution is -2.44. The second-order valence-corrected chi connectivity index (χ2v) is 5.80. The van der Waals surface area contributed by atoms with Crippen molar-refractivity contribution in [2.75, 3.05) is 38.1 Å². The van der Waals surface area contributed by atoms with Gasteiger partial charge in [-0.2, -0.15) is 0 Å². The van der Waals surface area contributed by atoms with E-state index in [1.54, 1.807) is 0 Å². The standard InChI is InChI=1S/C17H19N5/c1-21-8-10-22(11-9-21)14-4-2-13(3-5-14)16-12-19-17-15(20-16)6-7-18-17/h2-7,12H,8-11H2,1H3,(H,18,19). The van der Waals surface area contributed by atoms with E-state index in [9.17, 15) is 0 Å². The molecule has 1 aliphatic heterocycles. The first kappa shape index (κ1) is 13.3. The molecule has 112 valence electrons. The summed E-state index contributed by atoms with van der Waals surface area (Å²) in [7, 11) is 2.18. The maximum Gasteiger partial charge on any atom is 0.156 e. The summed E-state index contributed by atoms with van der Waals surface area (Å²) in [5.74, 6) is 0. The average molecular weight is 293 g/mol. The monoisotopic (exact) mass is 293 g/mol. The highest BCUT2D eigenvalue weighted by Gasteiger charge is 2.14. The molecule has 0 bridgehead atoms. The lowest BCUT2D eigenvalue weighted by molar-refractivity contribution is 0.313. The number of H-pyrrole nitrogens is 1. The van der Waals surface area contributed by atoms with Gasteiger partial charge in [-0.15, -0.1) is 0 Å². The number of benzene rings is 1. The fourth-order valence-electron chi connectivity index (χ4n) is 2.88. The summed E-state index contributed by atoms with van der Waals surface area (Å²) in [6.45, 7) is 4.42. The fourth-order valence-corrected chi connectivity index (χ4v) is 2.88. The number of fused-ring (bicyclic) bond motifs is 1. The van der Waals surface area contributed by atoms with Crippen molar-refractivity contribution in [3.05, 3.63) is 42.7 Å². The van der Waals surface area contributed by atoms with Crippen LogP contribution in [0.1, 0.15) is 0 Å². The molecule has 1 N–H and O–H groups in total. The molecule has 2 aromatic heterocycles. The van der Waals surface area contributed by atoms with Crippen molar-refractivity contribution >= 4 is 16.9 Å². The Kier molecular flexibility index (Phi) is 3.27. The fraction of sp³-hybridized carbons (Fsp3) is 0.294. The topological polar surface area (TPSA) is 48.0 Å². The number of anilines is 1. The van der Waals surface area contributed by atoms with Crippen molar-refractivity contribution in [2.45, 2.75) is 0 Å². The zero-order chi connectivity index (χ0) is 14.9. The van der Waals surface area contributed by atoms with Crippen molar-refractivity contribution in [1.29, 1.82) is 0 Å². The molecule has 1 aromatic carbocycles. The molecule has 0 aliphatic carbocycles. The first-order valence-corrected chi connectivity index (χ1v) is 7.64. The van der Waals surface area contributed by atoms with E-state index in [-0.39, 0.29) is 0 Å². The number of hydrogen-bond donors (Lipinski definition) is 1. The maximum atomic E-state index is 4.64. The van der Waals surface area contributed by atoms with Crippen LogP contribution in [0.15, 0.2) is 42.7 Å². The Morgan fingerprint density at radius 2 is 1.77 bits per heavy atom. The highest BCUT2D eigenvalue weighted by Crippen LogP contribution is 2.23. The van der Waals surface area contributed by atoms with Crippen LogP contribution in [0.3, 0.4) is 0 Å². The first-order chi connectivity index (χ1) is 10.8. The van der Waals surface area contributed by atoms with Gasteiger partial charge in [0.05, 0.1) is 11.9 Å². The molecule has 1 fully saturated rings. The van der Waals surface area contributed by atoms with E-state index in [0.717, 1.165) is 48.6 Å². The number of rotatable bonds is 2. The quantitative estimate of drug-likeness (QED) is 0.788. The van der Waals surface area contributed by atoms with Crippen molar-refractivity contribution in [1.82, 2.24) is 19.9 Å². The largest absolute Gasteiger partial charge is 0.369 e. The Bertz CT molecular complexity index is 769. The number of nitrogens with zero attached hydrogens (tertiary/aromatic N) is 4. The first-order valence-electron chi connectivity index (χ1n) is 7.64. The zero-order valence-electron chi connectivity index (χ0n) is 12.7. The lowest BCUT2D eigenvalue weighted by atomic mass is 10.1. The van der Waals surface area contributed by atoms with Crippen LogP contribution >= 0.6 is 0 Å². The van der Waals surface area contributed by atoms with Crippen molar-refractivity contribution in [3.63, 3.8) is 0 Å². The van der Waals surface area contributed by atoms with E-state index >= 15 is 0 Å². The van der Waals surface area contributed by atoms with E-state index < -0.39 is 0 Å². The number of nitrogens with one attached hydrogen (secondary N) is 1. The smallest absolute Gasteiger partial charge is 0.156 e. The molecule has 22 heavy (non-hydrogen) atoms. The van der Waals surface area contributed by atoms with Crippen LogP contribution in [0.25, 0.3) is 22.4 Å². The summed E-state index contributed by atoms with van der Waals surface area (Å²) >= 11 is 0. The number of aromatic amines is 1. The molecule has 1 saturated heterocycles. The SMILES string of the molecule is CN1CCN(c2ccc(-c3cnc4[nH]ccc4n3)cc2)CC1. The number of piperazine rings is 1. The molecule has 0 saturated carbocycles. The second kappa shape index (κ2) is 5.42. The van der Waals surface area contributed by atoms with Gasteiger partial charge >= 0.3 is 0 Å². The normalized spacial score (nSPS) is 16.3. The molecule has 5 nitrogen and oxygen atoms in total. The molecular formula is C17H19N5. The van der Waals surface area contributed by atoms with Crippen molar-refractivity contribution in [3.8, 4) is 11.3 Å². The van der Waals surface area contributed by atoms with Crippen LogP contribution in [-0.4, -0.2) is 53.1 Å². The Morgan fingerprint density at radius 3 is 2.55 bits per heavy atom. The van der Waals surface area contributed by atoms with Crippen LogP contribution in [0.5, 0.6) is 0 Å². The lowest BCUT2D eigenvalue weighted by Gasteiger charge is -2.34. The van der Waals surface area contributed by atoms with Crippen molar-refractivity contribution < 1.29 is 0 Å². The molecule has 1 aliphatic rings. The molecular weight excluding hydrogens is 274 g/mol. The van der Waals surface area contributed by atoms with Crippen LogP contribution < -0.4 is 4.90 Å². The Balaban J connectivity index is 1.58. The number of aromatic nitrogens is 3. The number of hydrogen-bond acceptors (Lipinski definition) is 4. The minimum absolute atomic E-state index is 0.831. The summed E-state index contributed by atoms with van der Waals surface area (Å²) in [6, 6.07) is 10.6. The molecule has 3 aromatic rings. The average Bonchev–Trinajstić information content (AvgIpc) is 3.03. The summed E-state index contributed by atoms with van der Waals surface area (Å²) in [5.41, 5.74) is 5.04. The van der Waals surface area contributed by atoms with Gasteiger partial charge in [-0.25, -0.2) is 9.97 Å². The van der Waals surface area contributed by atoms with E-state index in [1.165, 1.54) is 5.69 Å². The summed E-state index contributed by atoms with van der Waals surface area (Å²) in [4.78, 5) is 16.9. The highest BCUT2D eigenvalue weighted by atomic mass is 15.2. The molecule has 3 heterocycles. The van der Waals surface area contributed by atoms with Gasteiger partial charge in [0.25, 0.3) is 0 Å². The predicted molar refractivity (Wildman–Crippen MR) is 89.0 cm³/mol. The highest BCUT2D eigenvalue weighted by molar-refractivity contribution is 5.74. The van der Waals surface area contributed by atoms with E-state index in [4.69, 9.17) is 0 Å². The third kappa shape index (κ3) is 2.44. The molecule has 0 spiro atoms. The Labute approximate surface area is 129 Å². The van der Waals surface area contributed by atoms with E-state index in [2.05, 4.69) is 56.1 Å². The number of likely N-dealkylation sites (N-methyl/N-ethyl adjacent to an activating group) is 1. The summed E-state index contributed by atoms with van der Waals surface area (Å²) in [5, 5.41) is 0. The molecule has 5 heteroatoms. The van der Waals surface area contributed by atoms with E-state index in [0.29, 0.717) is 0 Å². The van der Waals surface area contributed by atoms with Crippen LogP contribution in [0.2, 0.25) is 0 Å². The van der Waals surface area contributed by atoms with Gasteiger partial charge in [0.1, 0.15) is 5.52 Å². The third-order valence-corrected chi connectivity index (χ3v) is 4.29. The zero-order valence-corrected chi connectivity index (χ0v) is 12.7. The predicted octanol–water partition coefficient (Wildman–Crippen LogP) is 2.38. The molecule has 0 amide bonds. The summed E-state index contributed by atoms with van der Waals surface area (Å²) in [6.07, 6.45) is 3.69. The van der Waals surface area contributed by atoms with Crippen LogP contribution in [0.4, 0.5) is 5.69 Å². The van der Waals surface area contributed by atoms with Gasteiger partial charge < -0.3 is 14.8 Å². The van der Waals surface area contributed by atoms with Crippen molar-refractivity contribution in [2.24, 2.45) is 0 Å². The maximum absolute atomic E-state index is 4.64. The minimum Gasteiger partial charge on any atom is -0.369 e. The van der Waals surface area contributed by atoms with Crippen LogP contribution in [0, 0.1) is 0 Å². The Hall–Kier alpha value is -2.40. The van der Waals surface area contributed by atoms with Gasteiger partial charge in [0, 0.05) is 43.6 Å². The van der Waals surface area contributed by atoms with Gasteiger partial charge in [-0.1, -0.05) is 12.1 Å². The second-order valence-electron chi connectivity index (χ2n) is 5.80. The molecule has 0 atom stereocenters. The van der Waals surface area contributed by atoms with Gasteiger partial charge in [-0.3, -0.25) is 0 Å². The summed E-state index contributed by atoms with van der Waals surface area (Å²) < 4.78 is 0. The van der Waals surface area contributed by atoms with E-state index in [1.807, 2.05) is 18.5 Å². The Morgan fingerprint density at radius 1 is 1.00 bits per heavy atom.